The first kappa shape index (κ1) is 28.0. The normalized spacial score (nSPS) is 10.2. The molecule has 4 heteroatoms. The maximum atomic E-state index is 2.33. The molecule has 0 saturated heterocycles. The fraction of sp³-hybridized carbons (Fsp3) is 1.00. The van der Waals surface area contributed by atoms with Crippen LogP contribution in [0.5, 0.6) is 0 Å². The lowest BCUT2D eigenvalue weighted by molar-refractivity contribution is -0.929. The summed E-state index contributed by atoms with van der Waals surface area (Å²) in [6.45, 7) is 15.0. The van der Waals surface area contributed by atoms with Gasteiger partial charge in [0, 0.05) is 0 Å². The summed E-state index contributed by atoms with van der Waals surface area (Å²) in [6, 6.07) is 0. The second-order valence-corrected chi connectivity index (χ2v) is 5.65. The van der Waals surface area contributed by atoms with Crippen molar-refractivity contribution in [2.45, 2.75) is 79.1 Å². The van der Waals surface area contributed by atoms with Gasteiger partial charge in [-0.3, -0.25) is 0 Å². The van der Waals surface area contributed by atoms with Crippen LogP contribution in [0, 0.1) is 0 Å². The Hall–Kier alpha value is -0.250. The number of halogens is 3. The summed E-state index contributed by atoms with van der Waals surface area (Å²) >= 11 is 0. The molecule has 0 radical (unpaired) electrons. The third-order valence-electron chi connectivity index (χ3n) is 3.94. The van der Waals surface area contributed by atoms with Crippen LogP contribution in [0.1, 0.15) is 81.9 Å². The topological polar surface area (TPSA) is 0 Å². The highest BCUT2D eigenvalue weighted by Crippen LogP contribution is 2.16. The molecule has 0 atom stereocenters. The predicted octanol–water partition coefficient (Wildman–Crippen LogP) is -3.76. The average molecular weight is 301 g/mol. The molecule has 0 heterocycles. The van der Waals surface area contributed by atoms with Crippen molar-refractivity contribution in [3.8, 4) is 0 Å². The minimum absolute atomic E-state index is 0. The molecule has 0 spiro atoms. The summed E-state index contributed by atoms with van der Waals surface area (Å²) < 4.78 is 1.42. The Morgan fingerprint density at radius 3 is 0.850 bits per heavy atom. The summed E-state index contributed by atoms with van der Waals surface area (Å²) in [5, 5.41) is 0. The van der Waals surface area contributed by atoms with E-state index >= 15 is 0 Å². The van der Waals surface area contributed by atoms with E-state index in [4.69, 9.17) is 0 Å². The van der Waals surface area contributed by atoms with Crippen LogP contribution in [-0.4, -0.2) is 30.7 Å². The molecule has 0 aromatic carbocycles. The molecule has 0 bridgehead atoms. The lowest BCUT2D eigenvalue weighted by Crippen LogP contribution is -3.00. The Bertz CT molecular complexity index is 138. The molecule has 0 aliphatic rings. The van der Waals surface area contributed by atoms with Gasteiger partial charge in [-0.15, -0.1) is 0 Å². The Morgan fingerprint density at radius 1 is 0.500 bits per heavy atom. The first-order valence-corrected chi connectivity index (χ1v) is 8.09. The Balaban J connectivity index is -0.000000128. The Morgan fingerprint density at radius 2 is 0.700 bits per heavy atom. The minimum atomic E-state index is 0. The smallest absolute Gasteiger partial charge is 1.00 e. The van der Waals surface area contributed by atoms with E-state index < -0.39 is 0 Å². The fourth-order valence-electron chi connectivity index (χ4n) is 2.64. The summed E-state index contributed by atoms with van der Waals surface area (Å²) in [4.78, 5) is 0. The second kappa shape index (κ2) is 18.8. The molecular weight excluding hydrogens is 263 g/mol. The van der Waals surface area contributed by atoms with Gasteiger partial charge in [0.1, 0.15) is 0 Å². The number of hydrogen-bond donors (Lipinski definition) is 0. The minimum Gasteiger partial charge on any atom is -1.00 e. The zero-order chi connectivity index (χ0) is 13.0. The van der Waals surface area contributed by atoms with Crippen molar-refractivity contribution in [2.75, 3.05) is 26.2 Å². The standard InChI is InChI=1S/C16H36N.3FH/c1-5-9-13-17(14-10-6-2,15-11-7-3)16-12-8-4;;;/h5-16H2,1-4H3;3*1H/q+1;;;/p-1. The monoisotopic (exact) mass is 301 g/mol. The lowest BCUT2D eigenvalue weighted by Gasteiger charge is -2.39. The largest absolute Gasteiger partial charge is 1.00 e. The molecule has 20 heavy (non-hydrogen) atoms. The SMILES string of the molecule is CCCC[N+](CCCC)(CCCC)CCCC.[F-].[F-].[F-].[H+].[H+]. The van der Waals surface area contributed by atoms with Gasteiger partial charge in [-0.25, -0.2) is 0 Å². The molecule has 128 valence electrons. The van der Waals surface area contributed by atoms with Crippen molar-refractivity contribution < 1.29 is 21.4 Å². The van der Waals surface area contributed by atoms with Gasteiger partial charge in [0.05, 0.1) is 26.2 Å². The molecule has 1 nitrogen and oxygen atoms in total. The molecule has 0 unspecified atom stereocenters. The lowest BCUT2D eigenvalue weighted by atomic mass is 10.1. The van der Waals surface area contributed by atoms with Gasteiger partial charge >= 0.3 is 2.85 Å². The summed E-state index contributed by atoms with van der Waals surface area (Å²) in [7, 11) is 0. The van der Waals surface area contributed by atoms with E-state index in [1.165, 1.54) is 82.0 Å². The van der Waals surface area contributed by atoms with Gasteiger partial charge in [-0.05, 0) is 25.7 Å². The van der Waals surface area contributed by atoms with Crippen LogP contribution >= 0.6 is 0 Å². The zero-order valence-corrected chi connectivity index (χ0v) is 14.1. The molecule has 0 fully saturated rings. The van der Waals surface area contributed by atoms with E-state index in [0.29, 0.717) is 0 Å². The van der Waals surface area contributed by atoms with Crippen molar-refractivity contribution in [2.24, 2.45) is 0 Å². The third-order valence-corrected chi connectivity index (χ3v) is 3.94. The summed E-state index contributed by atoms with van der Waals surface area (Å²) in [5.41, 5.74) is 0. The zero-order valence-electron chi connectivity index (χ0n) is 16.1. The third kappa shape index (κ3) is 12.8. The van der Waals surface area contributed by atoms with E-state index in [0.717, 1.165) is 0 Å². The van der Waals surface area contributed by atoms with Crippen molar-refractivity contribution in [1.29, 1.82) is 0 Å². The predicted molar refractivity (Wildman–Crippen MR) is 81.6 cm³/mol. The molecular formula is C16H38F3N. The second-order valence-electron chi connectivity index (χ2n) is 5.65. The summed E-state index contributed by atoms with van der Waals surface area (Å²) in [6.07, 6.45) is 11.1. The van der Waals surface area contributed by atoms with Crippen LogP contribution in [0.2, 0.25) is 0 Å². The molecule has 0 aliphatic heterocycles. The highest BCUT2D eigenvalue weighted by molar-refractivity contribution is 4.49. The van der Waals surface area contributed by atoms with Gasteiger partial charge in [-0.1, -0.05) is 53.4 Å². The van der Waals surface area contributed by atoms with Crippen molar-refractivity contribution in [3.05, 3.63) is 0 Å². The van der Waals surface area contributed by atoms with Crippen LogP contribution in [0.25, 0.3) is 0 Å². The maximum absolute atomic E-state index is 2.33. The average Bonchev–Trinajstić information content (AvgIpc) is 2.37. The van der Waals surface area contributed by atoms with Crippen LogP contribution in [0.15, 0.2) is 0 Å². The molecule has 0 saturated carbocycles. The Kier molecular flexibility index (Phi) is 26.2. The van der Waals surface area contributed by atoms with E-state index in [1.807, 2.05) is 0 Å². The number of unbranched alkanes of at least 4 members (excludes halogenated alkanes) is 4. The number of quaternary nitrogens is 1. The highest BCUT2D eigenvalue weighted by Gasteiger charge is 2.24. The molecule has 0 aromatic heterocycles. The number of hydrogen-bond acceptors (Lipinski definition) is 0. The van der Waals surface area contributed by atoms with Gasteiger partial charge in [0.2, 0.25) is 0 Å². The molecule has 0 aromatic rings. The van der Waals surface area contributed by atoms with Crippen molar-refractivity contribution >= 4 is 0 Å². The number of nitrogens with zero attached hydrogens (tertiary/aromatic N) is 1. The molecule has 0 amide bonds. The van der Waals surface area contributed by atoms with Crippen molar-refractivity contribution in [1.82, 2.24) is 0 Å². The van der Waals surface area contributed by atoms with E-state index in [1.54, 1.807) is 0 Å². The highest BCUT2D eigenvalue weighted by atomic mass is 19.0. The fourth-order valence-corrected chi connectivity index (χ4v) is 2.64. The van der Waals surface area contributed by atoms with Crippen LogP contribution < -0.4 is 14.1 Å². The maximum Gasteiger partial charge on any atom is 1.00 e. The van der Waals surface area contributed by atoms with E-state index in [9.17, 15) is 0 Å². The molecule has 0 rings (SSSR count). The van der Waals surface area contributed by atoms with E-state index in [2.05, 4.69) is 27.7 Å². The van der Waals surface area contributed by atoms with Gasteiger partial charge in [-0.2, -0.15) is 0 Å². The van der Waals surface area contributed by atoms with Crippen LogP contribution in [-0.2, 0) is 0 Å². The van der Waals surface area contributed by atoms with Crippen molar-refractivity contribution in [3.63, 3.8) is 0 Å². The number of rotatable bonds is 12. The van der Waals surface area contributed by atoms with Gasteiger partial charge in [0.25, 0.3) is 0 Å². The first-order chi connectivity index (χ1) is 8.24. The van der Waals surface area contributed by atoms with Crippen LogP contribution in [0.4, 0.5) is 0 Å². The molecule has 0 N–H and O–H groups in total. The first-order valence-electron chi connectivity index (χ1n) is 8.09. The Labute approximate surface area is 127 Å². The quantitative estimate of drug-likeness (QED) is 0.325. The van der Waals surface area contributed by atoms with Gasteiger partial charge in [0.15, 0.2) is 0 Å². The molecule has 0 aliphatic carbocycles. The van der Waals surface area contributed by atoms with Crippen LogP contribution in [0.3, 0.4) is 0 Å². The van der Waals surface area contributed by atoms with E-state index in [-0.39, 0.29) is 17.0 Å². The van der Waals surface area contributed by atoms with Gasteiger partial charge < -0.3 is 18.6 Å². The summed E-state index contributed by atoms with van der Waals surface area (Å²) in [5.74, 6) is 0.